The van der Waals surface area contributed by atoms with Gasteiger partial charge >= 0.3 is 0 Å². The van der Waals surface area contributed by atoms with Crippen molar-refractivity contribution in [3.05, 3.63) is 12.2 Å². The average Bonchev–Trinajstić information content (AvgIpc) is 3.31. The lowest BCUT2D eigenvalue weighted by atomic mass is 9.41. The molecule has 32 heavy (non-hydrogen) atoms. The van der Waals surface area contributed by atoms with Gasteiger partial charge in [0, 0.05) is 0 Å². The van der Waals surface area contributed by atoms with Crippen LogP contribution in [0.1, 0.15) is 112 Å². The third kappa shape index (κ3) is 2.72. The SMILES string of the molecule is C=C(C)C(O)CC[C@@H](C)[C@H]1CC[C@@]2(C)[C@@H]3CC[C@H]4C(C)(C)C(O)CC[C@@]45C[C@@]35CC[C@]12C. The van der Waals surface area contributed by atoms with E-state index in [9.17, 15) is 10.2 Å². The molecular weight excluding hydrogens is 392 g/mol. The Labute approximate surface area is 197 Å². The minimum atomic E-state index is -0.334. The molecule has 0 aliphatic heterocycles. The summed E-state index contributed by atoms with van der Waals surface area (Å²) < 4.78 is 0. The summed E-state index contributed by atoms with van der Waals surface area (Å²) in [7, 11) is 0. The van der Waals surface area contributed by atoms with Crippen LogP contribution in [-0.4, -0.2) is 22.4 Å². The molecule has 5 fully saturated rings. The van der Waals surface area contributed by atoms with Gasteiger partial charge in [-0.1, -0.05) is 46.8 Å². The van der Waals surface area contributed by atoms with E-state index in [1.165, 1.54) is 51.4 Å². The Morgan fingerprint density at radius 2 is 1.53 bits per heavy atom. The average molecular weight is 443 g/mol. The Morgan fingerprint density at radius 3 is 2.22 bits per heavy atom. The number of rotatable bonds is 5. The standard InChI is InChI=1S/C30H50O2/c1-19(2)22(31)9-8-20(3)21-12-14-28(7)24-11-10-23-26(4,5)25(32)13-15-29(23)18-30(24,29)17-16-27(21,28)6/h20-25,31-32H,1,8-18H2,2-7H3/t20-,21-,22?,23+,24+,25?,27-,28+,29-,30+/m1/s1. The maximum Gasteiger partial charge on any atom is 0.0744 e. The van der Waals surface area contributed by atoms with E-state index in [-0.39, 0.29) is 17.6 Å². The van der Waals surface area contributed by atoms with E-state index in [0.717, 1.165) is 42.6 Å². The van der Waals surface area contributed by atoms with Crippen molar-refractivity contribution in [2.45, 2.75) is 124 Å². The Morgan fingerprint density at radius 1 is 0.875 bits per heavy atom. The zero-order valence-corrected chi connectivity index (χ0v) is 21.8. The lowest BCUT2D eigenvalue weighted by Crippen LogP contribution is -2.57. The normalized spacial score (nSPS) is 52.8. The number of aliphatic hydroxyl groups excluding tert-OH is 2. The van der Waals surface area contributed by atoms with Gasteiger partial charge in [-0.2, -0.15) is 0 Å². The summed E-state index contributed by atoms with van der Waals surface area (Å²) in [5.41, 5.74) is 3.03. The molecule has 0 saturated heterocycles. The van der Waals surface area contributed by atoms with Crippen LogP contribution in [0, 0.1) is 50.7 Å². The van der Waals surface area contributed by atoms with Crippen molar-refractivity contribution in [3.8, 4) is 0 Å². The first-order chi connectivity index (χ1) is 14.9. The molecular formula is C30H50O2. The molecule has 2 unspecified atom stereocenters. The summed E-state index contributed by atoms with van der Waals surface area (Å²) in [5.74, 6) is 3.08. The van der Waals surface area contributed by atoms with Crippen LogP contribution >= 0.6 is 0 Å². The number of aliphatic hydroxyl groups is 2. The third-order valence-electron chi connectivity index (χ3n) is 13.3. The lowest BCUT2D eigenvalue weighted by molar-refractivity contribution is -0.161. The summed E-state index contributed by atoms with van der Waals surface area (Å²) in [6, 6.07) is 0. The van der Waals surface area contributed by atoms with E-state index in [4.69, 9.17) is 0 Å². The predicted octanol–water partition coefficient (Wildman–Crippen LogP) is 7.14. The van der Waals surface area contributed by atoms with Crippen molar-refractivity contribution in [2.24, 2.45) is 50.7 Å². The zero-order chi connectivity index (χ0) is 23.3. The maximum absolute atomic E-state index is 10.8. The molecule has 5 saturated carbocycles. The fourth-order valence-electron chi connectivity index (χ4n) is 11.2. The minimum absolute atomic E-state index is 0.0885. The van der Waals surface area contributed by atoms with Crippen LogP contribution in [0.2, 0.25) is 0 Å². The maximum atomic E-state index is 10.8. The molecule has 5 rings (SSSR count). The van der Waals surface area contributed by atoms with Gasteiger partial charge in [-0.3, -0.25) is 0 Å². The highest BCUT2D eigenvalue weighted by Crippen LogP contribution is 2.89. The Balaban J connectivity index is 1.39. The van der Waals surface area contributed by atoms with Crippen molar-refractivity contribution in [1.82, 2.24) is 0 Å². The fraction of sp³-hybridized carbons (Fsp3) is 0.933. The second-order valence-electron chi connectivity index (χ2n) is 14.4. The molecule has 0 aromatic heterocycles. The highest BCUT2D eigenvalue weighted by atomic mass is 16.3. The summed E-state index contributed by atoms with van der Waals surface area (Å²) >= 11 is 0. The van der Waals surface area contributed by atoms with Gasteiger partial charge in [0.05, 0.1) is 12.2 Å². The largest absolute Gasteiger partial charge is 0.393 e. The van der Waals surface area contributed by atoms with Crippen LogP contribution in [0.15, 0.2) is 12.2 Å². The molecule has 5 aliphatic carbocycles. The quantitative estimate of drug-likeness (QED) is 0.444. The summed E-state index contributed by atoms with van der Waals surface area (Å²) in [5, 5.41) is 21.2. The Kier molecular flexibility index (Phi) is 5.19. The smallest absolute Gasteiger partial charge is 0.0744 e. The van der Waals surface area contributed by atoms with Crippen LogP contribution in [0.3, 0.4) is 0 Å². The van der Waals surface area contributed by atoms with E-state index in [1.54, 1.807) is 0 Å². The van der Waals surface area contributed by atoms with E-state index in [1.807, 2.05) is 6.92 Å². The van der Waals surface area contributed by atoms with Crippen molar-refractivity contribution >= 4 is 0 Å². The van der Waals surface area contributed by atoms with Crippen molar-refractivity contribution in [1.29, 1.82) is 0 Å². The Bertz CT molecular complexity index is 786. The van der Waals surface area contributed by atoms with Crippen molar-refractivity contribution in [2.75, 3.05) is 0 Å². The van der Waals surface area contributed by atoms with Crippen LogP contribution in [0.25, 0.3) is 0 Å². The molecule has 0 aromatic carbocycles. The topological polar surface area (TPSA) is 40.5 Å². The molecule has 0 radical (unpaired) electrons. The molecule has 0 aromatic rings. The first kappa shape index (κ1) is 23.4. The van der Waals surface area contributed by atoms with Crippen molar-refractivity contribution in [3.63, 3.8) is 0 Å². The van der Waals surface area contributed by atoms with Gasteiger partial charge in [0.25, 0.3) is 0 Å². The Hall–Kier alpha value is -0.340. The predicted molar refractivity (Wildman–Crippen MR) is 132 cm³/mol. The third-order valence-corrected chi connectivity index (χ3v) is 13.3. The second kappa shape index (κ2) is 7.09. The lowest BCUT2D eigenvalue weighted by Gasteiger charge is -2.63. The molecule has 10 atom stereocenters. The fourth-order valence-corrected chi connectivity index (χ4v) is 11.2. The highest BCUT2D eigenvalue weighted by Gasteiger charge is 2.82. The molecule has 0 bridgehead atoms. The van der Waals surface area contributed by atoms with Crippen LogP contribution in [0.5, 0.6) is 0 Å². The first-order valence-electron chi connectivity index (χ1n) is 13.9. The van der Waals surface area contributed by atoms with Crippen molar-refractivity contribution < 1.29 is 10.2 Å². The summed E-state index contributed by atoms with van der Waals surface area (Å²) in [6.45, 7) is 18.5. The number of hydrogen-bond acceptors (Lipinski definition) is 2. The molecule has 0 amide bonds. The minimum Gasteiger partial charge on any atom is -0.393 e. The van der Waals surface area contributed by atoms with E-state index in [0.29, 0.717) is 27.6 Å². The van der Waals surface area contributed by atoms with Crippen LogP contribution in [-0.2, 0) is 0 Å². The molecule has 2 spiro atoms. The van der Waals surface area contributed by atoms with E-state index in [2.05, 4.69) is 41.2 Å². The van der Waals surface area contributed by atoms with Gasteiger partial charge in [-0.25, -0.2) is 0 Å². The van der Waals surface area contributed by atoms with Gasteiger partial charge in [-0.15, -0.1) is 0 Å². The molecule has 182 valence electrons. The zero-order valence-electron chi connectivity index (χ0n) is 21.8. The van der Waals surface area contributed by atoms with Crippen LogP contribution in [0.4, 0.5) is 0 Å². The van der Waals surface area contributed by atoms with Gasteiger partial charge in [-0.05, 0) is 128 Å². The van der Waals surface area contributed by atoms with Gasteiger partial charge < -0.3 is 10.2 Å². The highest BCUT2D eigenvalue weighted by molar-refractivity contribution is 5.30. The van der Waals surface area contributed by atoms with Gasteiger partial charge in [0.1, 0.15) is 0 Å². The van der Waals surface area contributed by atoms with Crippen LogP contribution < -0.4 is 0 Å². The van der Waals surface area contributed by atoms with E-state index < -0.39 is 0 Å². The molecule has 2 N–H and O–H groups in total. The van der Waals surface area contributed by atoms with Gasteiger partial charge in [0.15, 0.2) is 0 Å². The molecule has 5 aliphatic rings. The molecule has 0 heterocycles. The second-order valence-corrected chi connectivity index (χ2v) is 14.4. The molecule has 2 nitrogen and oxygen atoms in total. The van der Waals surface area contributed by atoms with Gasteiger partial charge in [0.2, 0.25) is 0 Å². The summed E-state index contributed by atoms with van der Waals surface area (Å²) in [4.78, 5) is 0. The monoisotopic (exact) mass is 442 g/mol. The number of fused-ring (bicyclic) bond motifs is 2. The summed E-state index contributed by atoms with van der Waals surface area (Å²) in [6.07, 6.45) is 13.7. The molecule has 2 heteroatoms. The number of hydrogen-bond donors (Lipinski definition) is 2. The van der Waals surface area contributed by atoms with E-state index >= 15 is 0 Å². The first-order valence-corrected chi connectivity index (χ1v) is 13.9.